The lowest BCUT2D eigenvalue weighted by atomic mass is 10.1. The van der Waals surface area contributed by atoms with E-state index in [0.717, 1.165) is 0 Å². The van der Waals surface area contributed by atoms with Crippen molar-refractivity contribution in [2.45, 2.75) is 6.92 Å². The minimum absolute atomic E-state index is 0.118. The first-order valence-corrected chi connectivity index (χ1v) is 6.36. The van der Waals surface area contributed by atoms with Gasteiger partial charge < -0.3 is 5.32 Å². The van der Waals surface area contributed by atoms with Crippen molar-refractivity contribution in [3.8, 4) is 0 Å². The van der Waals surface area contributed by atoms with Gasteiger partial charge in [0, 0.05) is 11.9 Å². The standard InChI is InChI=1S/C12H13N5O2S/c1-2-13-12(20)17-16-11(19)9-7-5-3-4-6-8(7)10(18)15-14-9/h3-6H,2H2,1H3,(H,15,18)(H,16,19)(H2,13,17,20). The van der Waals surface area contributed by atoms with Gasteiger partial charge in [0.15, 0.2) is 10.8 Å². The SMILES string of the molecule is CCNC(=S)NNC(=O)c1n[nH]c(=O)c2ccccc12. The molecule has 0 aliphatic carbocycles. The molecular formula is C12H13N5O2S. The largest absolute Gasteiger partial charge is 0.362 e. The Kier molecular flexibility index (Phi) is 4.26. The third-order valence-electron chi connectivity index (χ3n) is 2.54. The van der Waals surface area contributed by atoms with E-state index < -0.39 is 5.91 Å². The Morgan fingerprint density at radius 3 is 2.70 bits per heavy atom. The lowest BCUT2D eigenvalue weighted by Crippen LogP contribution is -2.47. The van der Waals surface area contributed by atoms with Gasteiger partial charge in [-0.05, 0) is 25.2 Å². The van der Waals surface area contributed by atoms with E-state index in [1.165, 1.54) is 0 Å². The molecule has 7 nitrogen and oxygen atoms in total. The first-order chi connectivity index (χ1) is 9.63. The highest BCUT2D eigenvalue weighted by molar-refractivity contribution is 7.80. The molecule has 0 radical (unpaired) electrons. The molecule has 0 bridgehead atoms. The maximum atomic E-state index is 12.0. The number of aromatic amines is 1. The number of benzene rings is 1. The van der Waals surface area contributed by atoms with Crippen LogP contribution in [0.3, 0.4) is 0 Å². The zero-order valence-corrected chi connectivity index (χ0v) is 11.5. The Balaban J connectivity index is 2.25. The summed E-state index contributed by atoms with van der Waals surface area (Å²) in [6.45, 7) is 2.52. The predicted molar refractivity (Wildman–Crippen MR) is 79.2 cm³/mol. The van der Waals surface area contributed by atoms with Crippen LogP contribution in [0, 0.1) is 0 Å². The smallest absolute Gasteiger partial charge is 0.290 e. The van der Waals surface area contributed by atoms with Gasteiger partial charge in [0.25, 0.3) is 11.5 Å². The van der Waals surface area contributed by atoms with Gasteiger partial charge in [0.1, 0.15) is 0 Å². The number of amides is 1. The number of nitrogens with zero attached hydrogens (tertiary/aromatic N) is 1. The number of fused-ring (bicyclic) bond motifs is 1. The number of hydrogen-bond acceptors (Lipinski definition) is 4. The fourth-order valence-electron chi connectivity index (χ4n) is 1.67. The molecule has 0 unspecified atom stereocenters. The van der Waals surface area contributed by atoms with Crippen LogP contribution in [0.25, 0.3) is 10.8 Å². The first kappa shape index (κ1) is 13.9. The Bertz CT molecular complexity index is 712. The summed E-state index contributed by atoms with van der Waals surface area (Å²) >= 11 is 4.92. The number of aromatic nitrogens is 2. The van der Waals surface area contributed by atoms with Crippen LogP contribution in [0.1, 0.15) is 17.4 Å². The molecule has 4 N–H and O–H groups in total. The van der Waals surface area contributed by atoms with Gasteiger partial charge in [-0.15, -0.1) is 0 Å². The van der Waals surface area contributed by atoms with Crippen LogP contribution >= 0.6 is 12.2 Å². The minimum atomic E-state index is -0.488. The molecule has 0 saturated heterocycles. The third kappa shape index (κ3) is 2.91. The lowest BCUT2D eigenvalue weighted by Gasteiger charge is -2.10. The zero-order valence-electron chi connectivity index (χ0n) is 10.7. The second kappa shape index (κ2) is 6.11. The van der Waals surface area contributed by atoms with Crippen LogP contribution < -0.4 is 21.7 Å². The molecule has 0 aliphatic rings. The van der Waals surface area contributed by atoms with Crippen molar-refractivity contribution in [1.29, 1.82) is 0 Å². The molecule has 8 heteroatoms. The van der Waals surface area contributed by atoms with Crippen molar-refractivity contribution in [2.75, 3.05) is 6.54 Å². The monoisotopic (exact) mass is 291 g/mol. The van der Waals surface area contributed by atoms with Crippen LogP contribution in [-0.2, 0) is 0 Å². The second-order valence-corrected chi connectivity index (χ2v) is 4.29. The number of carbonyl (C=O) groups is 1. The van der Waals surface area contributed by atoms with E-state index in [1.54, 1.807) is 24.3 Å². The van der Waals surface area contributed by atoms with Crippen molar-refractivity contribution in [1.82, 2.24) is 26.4 Å². The van der Waals surface area contributed by atoms with Crippen molar-refractivity contribution < 1.29 is 4.79 Å². The summed E-state index contributed by atoms with van der Waals surface area (Å²) < 4.78 is 0. The molecule has 2 rings (SSSR count). The van der Waals surface area contributed by atoms with Gasteiger partial charge in [-0.25, -0.2) is 5.10 Å². The van der Waals surface area contributed by atoms with Crippen molar-refractivity contribution in [3.63, 3.8) is 0 Å². The summed E-state index contributed by atoms with van der Waals surface area (Å²) in [5, 5.41) is 10.1. The van der Waals surface area contributed by atoms with Gasteiger partial charge in [-0.3, -0.25) is 20.4 Å². The van der Waals surface area contributed by atoms with E-state index in [4.69, 9.17) is 12.2 Å². The van der Waals surface area contributed by atoms with Crippen LogP contribution in [-0.4, -0.2) is 27.8 Å². The maximum Gasteiger partial charge on any atom is 0.290 e. The average molecular weight is 291 g/mol. The molecule has 1 heterocycles. The Morgan fingerprint density at radius 2 is 2.00 bits per heavy atom. The van der Waals surface area contributed by atoms with Crippen molar-refractivity contribution >= 4 is 34.0 Å². The molecule has 0 saturated carbocycles. The van der Waals surface area contributed by atoms with Gasteiger partial charge in [-0.2, -0.15) is 5.10 Å². The van der Waals surface area contributed by atoms with Crippen molar-refractivity contribution in [2.24, 2.45) is 0 Å². The maximum absolute atomic E-state index is 12.0. The Hall–Kier alpha value is -2.48. The van der Waals surface area contributed by atoms with Gasteiger partial charge in [0.05, 0.1) is 5.39 Å². The molecule has 20 heavy (non-hydrogen) atoms. The summed E-state index contributed by atoms with van der Waals surface area (Å²) in [4.78, 5) is 23.6. The summed E-state index contributed by atoms with van der Waals surface area (Å²) in [6, 6.07) is 6.74. The highest BCUT2D eigenvalue weighted by Crippen LogP contribution is 2.11. The number of thiocarbonyl (C=S) groups is 1. The topological polar surface area (TPSA) is 98.9 Å². The van der Waals surface area contributed by atoms with E-state index in [1.807, 2.05) is 6.92 Å². The fraction of sp³-hybridized carbons (Fsp3) is 0.167. The van der Waals surface area contributed by atoms with Gasteiger partial charge >= 0.3 is 0 Å². The fourth-order valence-corrected chi connectivity index (χ4v) is 1.86. The number of rotatable bonds is 2. The number of hydrazine groups is 1. The van der Waals surface area contributed by atoms with Crippen LogP contribution in [0.2, 0.25) is 0 Å². The number of nitrogens with one attached hydrogen (secondary N) is 4. The number of H-pyrrole nitrogens is 1. The molecular weight excluding hydrogens is 278 g/mol. The summed E-state index contributed by atoms with van der Waals surface area (Å²) in [5.41, 5.74) is 4.75. The van der Waals surface area contributed by atoms with Crippen molar-refractivity contribution in [3.05, 3.63) is 40.3 Å². The zero-order chi connectivity index (χ0) is 14.5. The molecule has 1 amide bonds. The van der Waals surface area contributed by atoms with E-state index in [0.29, 0.717) is 22.4 Å². The van der Waals surface area contributed by atoms with Crippen LogP contribution in [0.5, 0.6) is 0 Å². The normalized spacial score (nSPS) is 10.1. The highest BCUT2D eigenvalue weighted by atomic mass is 32.1. The molecule has 0 atom stereocenters. The molecule has 1 aromatic carbocycles. The summed E-state index contributed by atoms with van der Waals surface area (Å²) in [7, 11) is 0. The van der Waals surface area contributed by atoms with Gasteiger partial charge in [0.2, 0.25) is 0 Å². The molecule has 0 fully saturated rings. The van der Waals surface area contributed by atoms with Gasteiger partial charge in [-0.1, -0.05) is 18.2 Å². The van der Waals surface area contributed by atoms with E-state index >= 15 is 0 Å². The van der Waals surface area contributed by atoms with E-state index in [9.17, 15) is 9.59 Å². The minimum Gasteiger partial charge on any atom is -0.362 e. The highest BCUT2D eigenvalue weighted by Gasteiger charge is 2.13. The molecule has 1 aromatic heterocycles. The van der Waals surface area contributed by atoms with Crippen LogP contribution in [0.15, 0.2) is 29.1 Å². The first-order valence-electron chi connectivity index (χ1n) is 5.95. The summed E-state index contributed by atoms with van der Waals surface area (Å²) in [6.07, 6.45) is 0. The Labute approximate surface area is 119 Å². The molecule has 104 valence electrons. The summed E-state index contributed by atoms with van der Waals surface area (Å²) in [5.74, 6) is -0.488. The van der Waals surface area contributed by atoms with E-state index in [-0.39, 0.29) is 11.3 Å². The number of hydrogen-bond donors (Lipinski definition) is 4. The second-order valence-electron chi connectivity index (χ2n) is 3.89. The molecule has 2 aromatic rings. The quantitative estimate of drug-likeness (QED) is 0.461. The number of carbonyl (C=O) groups excluding carboxylic acids is 1. The lowest BCUT2D eigenvalue weighted by molar-refractivity contribution is 0.0939. The predicted octanol–water partition coefficient (Wildman–Crippen LogP) is 0.0519. The molecule has 0 aliphatic heterocycles. The Morgan fingerprint density at radius 1 is 1.30 bits per heavy atom. The van der Waals surface area contributed by atoms with Crippen LogP contribution in [0.4, 0.5) is 0 Å². The van der Waals surface area contributed by atoms with E-state index in [2.05, 4.69) is 26.4 Å². The average Bonchev–Trinajstić information content (AvgIpc) is 2.46. The molecule has 0 spiro atoms. The third-order valence-corrected chi connectivity index (χ3v) is 2.78.